The molecule has 33 heavy (non-hydrogen) atoms. The number of hydrogen-bond donors (Lipinski definition) is 0. The summed E-state index contributed by atoms with van der Waals surface area (Å²) < 4.78 is 6.98. The van der Waals surface area contributed by atoms with E-state index in [0.717, 1.165) is 29.1 Å². The number of aryl methyl sites for hydroxylation is 1. The van der Waals surface area contributed by atoms with Gasteiger partial charge in [0, 0.05) is 32.6 Å². The molecule has 0 aliphatic carbocycles. The van der Waals surface area contributed by atoms with Crippen LogP contribution in [0.1, 0.15) is 34.5 Å². The predicted molar refractivity (Wildman–Crippen MR) is 127 cm³/mol. The van der Waals surface area contributed by atoms with Gasteiger partial charge in [0.25, 0.3) is 5.91 Å². The monoisotopic (exact) mass is 446 g/mol. The molecule has 4 rings (SSSR count). The minimum atomic E-state index is -0.0257. The average molecular weight is 447 g/mol. The van der Waals surface area contributed by atoms with Gasteiger partial charge in [-0.05, 0) is 49.6 Å². The molecule has 1 aliphatic rings. The second kappa shape index (κ2) is 10.3. The Bertz CT molecular complexity index is 1090. The number of methoxy groups -OCH3 is 1. The number of para-hydroxylation sites is 1. The highest BCUT2D eigenvalue weighted by Gasteiger charge is 2.25. The number of aromatic nitrogens is 2. The molecule has 1 fully saturated rings. The summed E-state index contributed by atoms with van der Waals surface area (Å²) >= 11 is 0. The number of ether oxygens (including phenoxy) is 1. The number of nitrogens with zero attached hydrogens (tertiary/aromatic N) is 4. The first-order valence-electron chi connectivity index (χ1n) is 11.4. The Balaban J connectivity index is 1.34. The van der Waals surface area contributed by atoms with Gasteiger partial charge in [0.2, 0.25) is 5.91 Å². The van der Waals surface area contributed by atoms with Crippen molar-refractivity contribution in [3.05, 3.63) is 77.6 Å². The number of benzene rings is 2. The van der Waals surface area contributed by atoms with Crippen LogP contribution in [0, 0.1) is 6.92 Å². The molecule has 1 aromatic heterocycles. The Morgan fingerprint density at radius 1 is 0.939 bits per heavy atom. The van der Waals surface area contributed by atoms with Gasteiger partial charge in [-0.2, -0.15) is 5.10 Å². The number of hydrogen-bond acceptors (Lipinski definition) is 4. The standard InChI is InChI=1S/C26H30N4O3/c1-20-24(19-27-30(20)22-7-4-3-5-8-22)26(32)29-16-6-15-28(17-18-29)25(31)14-11-21-9-12-23(33-2)13-10-21/h3-5,7-10,12-13,19H,6,11,14-18H2,1-2H3. The van der Waals surface area contributed by atoms with Gasteiger partial charge >= 0.3 is 0 Å². The molecule has 0 unspecified atom stereocenters. The number of rotatable bonds is 6. The third kappa shape index (κ3) is 5.25. The molecule has 3 aromatic rings. The van der Waals surface area contributed by atoms with Crippen LogP contribution in [0.4, 0.5) is 0 Å². The van der Waals surface area contributed by atoms with Crippen molar-refractivity contribution in [2.75, 3.05) is 33.3 Å². The maximum absolute atomic E-state index is 13.2. The fourth-order valence-corrected chi connectivity index (χ4v) is 4.19. The summed E-state index contributed by atoms with van der Waals surface area (Å²) in [4.78, 5) is 29.7. The molecular weight excluding hydrogens is 416 g/mol. The van der Waals surface area contributed by atoms with Crippen molar-refractivity contribution in [3.8, 4) is 11.4 Å². The first-order chi connectivity index (χ1) is 16.1. The van der Waals surface area contributed by atoms with E-state index < -0.39 is 0 Å². The molecule has 1 saturated heterocycles. The summed E-state index contributed by atoms with van der Waals surface area (Å²) in [6, 6.07) is 17.6. The SMILES string of the molecule is COc1ccc(CCC(=O)N2CCCN(C(=O)c3cnn(-c4ccccc4)c3C)CC2)cc1. The summed E-state index contributed by atoms with van der Waals surface area (Å²) in [6.07, 6.45) is 3.57. The molecule has 7 heteroatoms. The lowest BCUT2D eigenvalue weighted by molar-refractivity contribution is -0.131. The van der Waals surface area contributed by atoms with Crippen LogP contribution in [-0.4, -0.2) is 64.7 Å². The summed E-state index contributed by atoms with van der Waals surface area (Å²) in [5, 5.41) is 4.43. The van der Waals surface area contributed by atoms with Crippen molar-refractivity contribution in [1.29, 1.82) is 0 Å². The van der Waals surface area contributed by atoms with E-state index in [-0.39, 0.29) is 11.8 Å². The molecule has 172 valence electrons. The van der Waals surface area contributed by atoms with Crippen molar-refractivity contribution in [1.82, 2.24) is 19.6 Å². The maximum Gasteiger partial charge on any atom is 0.257 e. The van der Waals surface area contributed by atoms with Crippen LogP contribution >= 0.6 is 0 Å². The van der Waals surface area contributed by atoms with Crippen LogP contribution in [0.2, 0.25) is 0 Å². The highest BCUT2D eigenvalue weighted by atomic mass is 16.5. The van der Waals surface area contributed by atoms with E-state index in [0.29, 0.717) is 44.6 Å². The van der Waals surface area contributed by atoms with Gasteiger partial charge in [0.15, 0.2) is 0 Å². The number of carbonyl (C=O) groups is 2. The van der Waals surface area contributed by atoms with Gasteiger partial charge in [-0.1, -0.05) is 30.3 Å². The molecule has 0 atom stereocenters. The zero-order chi connectivity index (χ0) is 23.2. The highest BCUT2D eigenvalue weighted by Crippen LogP contribution is 2.18. The lowest BCUT2D eigenvalue weighted by Crippen LogP contribution is -2.37. The summed E-state index contributed by atoms with van der Waals surface area (Å²) in [6.45, 7) is 4.31. The third-order valence-electron chi connectivity index (χ3n) is 6.16. The molecule has 7 nitrogen and oxygen atoms in total. The molecule has 0 spiro atoms. The molecule has 0 N–H and O–H groups in total. The van der Waals surface area contributed by atoms with E-state index in [1.54, 1.807) is 18.0 Å². The van der Waals surface area contributed by atoms with Crippen molar-refractivity contribution in [2.45, 2.75) is 26.2 Å². The molecule has 2 aromatic carbocycles. The minimum absolute atomic E-state index is 0.0257. The Kier molecular flexibility index (Phi) is 7.07. The van der Waals surface area contributed by atoms with E-state index >= 15 is 0 Å². The fraction of sp³-hybridized carbons (Fsp3) is 0.346. The zero-order valence-corrected chi connectivity index (χ0v) is 19.2. The second-order valence-corrected chi connectivity index (χ2v) is 8.27. The van der Waals surface area contributed by atoms with Crippen LogP contribution in [0.15, 0.2) is 60.8 Å². The van der Waals surface area contributed by atoms with Crippen LogP contribution in [-0.2, 0) is 11.2 Å². The largest absolute Gasteiger partial charge is 0.497 e. The first-order valence-corrected chi connectivity index (χ1v) is 11.4. The summed E-state index contributed by atoms with van der Waals surface area (Å²) in [7, 11) is 1.64. The van der Waals surface area contributed by atoms with Crippen LogP contribution in [0.3, 0.4) is 0 Å². The topological polar surface area (TPSA) is 67.7 Å². The van der Waals surface area contributed by atoms with Crippen molar-refractivity contribution >= 4 is 11.8 Å². The lowest BCUT2D eigenvalue weighted by Gasteiger charge is -2.22. The second-order valence-electron chi connectivity index (χ2n) is 8.27. The van der Waals surface area contributed by atoms with E-state index in [1.165, 1.54) is 0 Å². The Hall–Kier alpha value is -3.61. The van der Waals surface area contributed by atoms with Gasteiger partial charge in [-0.25, -0.2) is 4.68 Å². The predicted octanol–water partition coefficient (Wildman–Crippen LogP) is 3.50. The van der Waals surface area contributed by atoms with Crippen molar-refractivity contribution in [2.24, 2.45) is 0 Å². The number of amides is 2. The molecule has 0 radical (unpaired) electrons. The van der Waals surface area contributed by atoms with E-state index in [4.69, 9.17) is 4.74 Å². The van der Waals surface area contributed by atoms with E-state index in [1.807, 2.05) is 71.3 Å². The van der Waals surface area contributed by atoms with E-state index in [9.17, 15) is 9.59 Å². The molecule has 1 aliphatic heterocycles. The van der Waals surface area contributed by atoms with Gasteiger partial charge in [-0.15, -0.1) is 0 Å². The Labute approximate surface area is 194 Å². The van der Waals surface area contributed by atoms with E-state index in [2.05, 4.69) is 5.10 Å². The minimum Gasteiger partial charge on any atom is -0.497 e. The summed E-state index contributed by atoms with van der Waals surface area (Å²) in [5.41, 5.74) is 3.47. The normalized spacial score (nSPS) is 14.1. The molecule has 0 saturated carbocycles. The van der Waals surface area contributed by atoms with Gasteiger partial charge < -0.3 is 14.5 Å². The van der Waals surface area contributed by atoms with Crippen LogP contribution < -0.4 is 4.74 Å². The lowest BCUT2D eigenvalue weighted by atomic mass is 10.1. The maximum atomic E-state index is 13.2. The molecule has 2 amide bonds. The highest BCUT2D eigenvalue weighted by molar-refractivity contribution is 5.95. The molecule has 0 bridgehead atoms. The first kappa shape index (κ1) is 22.6. The third-order valence-corrected chi connectivity index (χ3v) is 6.16. The van der Waals surface area contributed by atoms with Crippen LogP contribution in [0.5, 0.6) is 5.75 Å². The van der Waals surface area contributed by atoms with Gasteiger partial charge in [0.1, 0.15) is 5.75 Å². The Morgan fingerprint density at radius 2 is 1.64 bits per heavy atom. The molecule has 2 heterocycles. The quantitative estimate of drug-likeness (QED) is 0.581. The van der Waals surface area contributed by atoms with Gasteiger partial charge in [-0.3, -0.25) is 9.59 Å². The Morgan fingerprint density at radius 3 is 2.36 bits per heavy atom. The van der Waals surface area contributed by atoms with Crippen molar-refractivity contribution in [3.63, 3.8) is 0 Å². The van der Waals surface area contributed by atoms with Gasteiger partial charge in [0.05, 0.1) is 30.3 Å². The number of carbonyl (C=O) groups excluding carboxylic acids is 2. The smallest absolute Gasteiger partial charge is 0.257 e. The summed E-state index contributed by atoms with van der Waals surface area (Å²) in [5.74, 6) is 0.919. The zero-order valence-electron chi connectivity index (χ0n) is 19.2. The average Bonchev–Trinajstić information content (AvgIpc) is 3.07. The van der Waals surface area contributed by atoms with Crippen LogP contribution in [0.25, 0.3) is 5.69 Å². The fourth-order valence-electron chi connectivity index (χ4n) is 4.19. The van der Waals surface area contributed by atoms with Crippen molar-refractivity contribution < 1.29 is 14.3 Å². The molecular formula is C26H30N4O3.